The second kappa shape index (κ2) is 63.7. The van der Waals surface area contributed by atoms with Crippen LogP contribution in [-0.2, 0) is 32.7 Å². The Morgan fingerprint density at radius 3 is 1.02 bits per heavy atom. The van der Waals surface area contributed by atoms with E-state index in [1.165, 1.54) is 193 Å². The monoisotopic (exact) mass is 1180 g/mol. The third-order valence-corrected chi connectivity index (χ3v) is 16.1. The van der Waals surface area contributed by atoms with Crippen molar-refractivity contribution in [1.82, 2.24) is 0 Å². The van der Waals surface area contributed by atoms with Crippen LogP contribution in [0.25, 0.3) is 0 Å². The number of phosphoric acid groups is 1. The Balaban J connectivity index is 4.06. The maximum atomic E-state index is 12.9. The van der Waals surface area contributed by atoms with Gasteiger partial charge in [-0.05, 0) is 70.6 Å². The summed E-state index contributed by atoms with van der Waals surface area (Å²) < 4.78 is 34.3. The largest absolute Gasteiger partial charge is 0.756 e. The lowest BCUT2D eigenvalue weighted by atomic mass is 10.0. The molecule has 0 heterocycles. The minimum atomic E-state index is -4.64. The Kier molecular flexibility index (Phi) is 61.5. The smallest absolute Gasteiger partial charge is 0.306 e. The molecule has 0 saturated heterocycles. The molecule has 0 fully saturated rings. The molecular formula is C73H132NO8P. The second-order valence-electron chi connectivity index (χ2n) is 24.5. The van der Waals surface area contributed by atoms with Gasteiger partial charge in [-0.25, -0.2) is 0 Å². The van der Waals surface area contributed by atoms with Crippen molar-refractivity contribution < 1.29 is 42.1 Å². The Hall–Kier alpha value is -2.81. The summed E-state index contributed by atoms with van der Waals surface area (Å²) in [6.45, 7) is 4.17. The SMILES string of the molecule is CC/C=C\C/C=C\C/C=C\C/C=C\C/C=C\C/C=C\C/C=C\CCCCCCCCCCCCCC(=O)OC(COC(=O)CCCCCCCCCCCCCCCCCCCCCCCCCCCC)COP(=O)([O-])OCC[N+](C)(C)C. The first-order chi connectivity index (χ1) is 40.5. The number of hydrogen-bond acceptors (Lipinski definition) is 8. The number of carbonyl (C=O) groups is 2. The molecule has 2 unspecified atom stereocenters. The van der Waals surface area contributed by atoms with Crippen LogP contribution < -0.4 is 4.89 Å². The zero-order chi connectivity index (χ0) is 60.5. The third kappa shape index (κ3) is 68.2. The normalized spacial score (nSPS) is 13.7. The summed E-state index contributed by atoms with van der Waals surface area (Å²) in [5.74, 6) is -0.825. The molecule has 0 rings (SSSR count). The lowest BCUT2D eigenvalue weighted by Crippen LogP contribution is -2.37. The molecule has 0 saturated carbocycles. The van der Waals surface area contributed by atoms with E-state index in [-0.39, 0.29) is 32.0 Å². The molecule has 2 atom stereocenters. The van der Waals surface area contributed by atoms with Gasteiger partial charge in [-0.1, -0.05) is 317 Å². The molecule has 0 spiro atoms. The van der Waals surface area contributed by atoms with Crippen molar-refractivity contribution in [3.05, 3.63) is 85.1 Å². The average Bonchev–Trinajstić information content (AvgIpc) is 3.48. The quantitative estimate of drug-likeness (QED) is 0.0195. The molecule has 0 aromatic rings. The van der Waals surface area contributed by atoms with Crippen molar-refractivity contribution in [2.24, 2.45) is 0 Å². The van der Waals surface area contributed by atoms with Gasteiger partial charge in [0, 0.05) is 12.8 Å². The molecule has 10 heteroatoms. The van der Waals surface area contributed by atoms with Gasteiger partial charge in [-0.3, -0.25) is 14.2 Å². The molecule has 0 aliphatic carbocycles. The van der Waals surface area contributed by atoms with E-state index in [0.29, 0.717) is 17.4 Å². The highest BCUT2D eigenvalue weighted by Crippen LogP contribution is 2.38. The number of phosphoric ester groups is 1. The number of hydrogen-bond donors (Lipinski definition) is 0. The van der Waals surface area contributed by atoms with Gasteiger partial charge in [0.2, 0.25) is 0 Å². The number of rotatable bonds is 64. The number of likely N-dealkylation sites (N-methyl/N-ethyl adjacent to an activating group) is 1. The van der Waals surface area contributed by atoms with Gasteiger partial charge < -0.3 is 27.9 Å². The van der Waals surface area contributed by atoms with E-state index in [9.17, 15) is 19.0 Å². The van der Waals surface area contributed by atoms with Crippen molar-refractivity contribution >= 4 is 19.8 Å². The number of quaternary nitrogens is 1. The van der Waals surface area contributed by atoms with Crippen molar-refractivity contribution in [1.29, 1.82) is 0 Å². The summed E-state index contributed by atoms with van der Waals surface area (Å²) in [4.78, 5) is 38.1. The summed E-state index contributed by atoms with van der Waals surface area (Å²) in [5, 5.41) is 0. The molecule has 0 aromatic heterocycles. The van der Waals surface area contributed by atoms with Crippen LogP contribution in [0, 0.1) is 0 Å². The highest BCUT2D eigenvalue weighted by atomic mass is 31.2. The number of carbonyl (C=O) groups excluding carboxylic acids is 2. The number of unbranched alkanes of at least 4 members (excludes halogenated alkanes) is 36. The maximum absolute atomic E-state index is 12.9. The second-order valence-corrected chi connectivity index (χ2v) is 25.9. The summed E-state index contributed by atoms with van der Waals surface area (Å²) >= 11 is 0. The van der Waals surface area contributed by atoms with Crippen molar-refractivity contribution in [3.63, 3.8) is 0 Å². The minimum absolute atomic E-state index is 0.0326. The molecule has 482 valence electrons. The summed E-state index contributed by atoms with van der Waals surface area (Å²) in [6.07, 6.45) is 86.6. The maximum Gasteiger partial charge on any atom is 0.306 e. The van der Waals surface area contributed by atoms with Gasteiger partial charge in [0.15, 0.2) is 6.10 Å². The third-order valence-electron chi connectivity index (χ3n) is 15.2. The first-order valence-electron chi connectivity index (χ1n) is 34.8. The number of esters is 2. The van der Waals surface area contributed by atoms with Gasteiger partial charge in [0.25, 0.3) is 7.82 Å². The number of ether oxygens (including phenoxy) is 2. The Morgan fingerprint density at radius 2 is 0.687 bits per heavy atom. The van der Waals surface area contributed by atoms with E-state index in [0.717, 1.165) is 89.9 Å². The molecule has 0 bridgehead atoms. The standard InChI is InChI=1S/C73H132NO8P/c1-6-8-10-12-14-16-18-20-22-24-26-28-30-32-34-35-36-37-38-39-40-42-44-46-48-50-52-54-56-58-60-62-64-66-73(76)82-71(70-81-83(77,78)80-68-67-74(3,4)5)69-79-72(75)65-63-61-59-57-55-53-51-49-47-45-43-41-33-31-29-27-25-23-21-19-17-15-13-11-9-7-2/h8,10,14,16,20,22,26,28,32,34,36-37,39-40,71H,6-7,9,11-13,15,17-19,21,23-25,27,29-31,33,35,38,41-70H2,1-5H3/b10-8-,16-14-,22-20-,28-26-,34-32-,37-36-,40-39-. The van der Waals surface area contributed by atoms with E-state index in [4.69, 9.17) is 18.5 Å². The van der Waals surface area contributed by atoms with Crippen LogP contribution in [0.3, 0.4) is 0 Å². The fraction of sp³-hybridized carbons (Fsp3) is 0.781. The molecule has 0 N–H and O–H groups in total. The van der Waals surface area contributed by atoms with Crippen molar-refractivity contribution in [2.45, 2.75) is 322 Å². The zero-order valence-corrected chi connectivity index (χ0v) is 55.8. The van der Waals surface area contributed by atoms with Crippen molar-refractivity contribution in [2.75, 3.05) is 47.5 Å². The van der Waals surface area contributed by atoms with Crippen LogP contribution in [-0.4, -0.2) is 70.0 Å². The van der Waals surface area contributed by atoms with Crippen LogP contribution in [0.2, 0.25) is 0 Å². The molecule has 0 aliphatic heterocycles. The number of allylic oxidation sites excluding steroid dienone is 14. The Bertz CT molecular complexity index is 1680. The van der Waals surface area contributed by atoms with Gasteiger partial charge in [-0.2, -0.15) is 0 Å². The molecule has 83 heavy (non-hydrogen) atoms. The zero-order valence-electron chi connectivity index (χ0n) is 54.9. The van der Waals surface area contributed by atoms with Crippen LogP contribution in [0.1, 0.15) is 316 Å². The first-order valence-corrected chi connectivity index (χ1v) is 36.3. The molecule has 0 amide bonds. The van der Waals surface area contributed by atoms with E-state index in [1.54, 1.807) is 0 Å². The topological polar surface area (TPSA) is 111 Å². The summed E-state index contributed by atoms with van der Waals surface area (Å²) in [5.41, 5.74) is 0. The molecule has 0 radical (unpaired) electrons. The fourth-order valence-corrected chi connectivity index (χ4v) is 10.6. The molecule has 9 nitrogen and oxygen atoms in total. The molecular weight excluding hydrogens is 1050 g/mol. The fourth-order valence-electron chi connectivity index (χ4n) is 9.88. The highest BCUT2D eigenvalue weighted by molar-refractivity contribution is 7.45. The van der Waals surface area contributed by atoms with Crippen molar-refractivity contribution in [3.8, 4) is 0 Å². The highest BCUT2D eigenvalue weighted by Gasteiger charge is 2.22. The van der Waals surface area contributed by atoms with E-state index < -0.39 is 26.5 Å². The van der Waals surface area contributed by atoms with Crippen LogP contribution >= 0.6 is 7.82 Å². The van der Waals surface area contributed by atoms with E-state index in [1.807, 2.05) is 21.1 Å². The van der Waals surface area contributed by atoms with E-state index >= 15 is 0 Å². The summed E-state index contributed by atoms with van der Waals surface area (Å²) in [6, 6.07) is 0. The van der Waals surface area contributed by atoms with Crippen LogP contribution in [0.4, 0.5) is 0 Å². The summed E-state index contributed by atoms with van der Waals surface area (Å²) in [7, 11) is 1.17. The van der Waals surface area contributed by atoms with Gasteiger partial charge >= 0.3 is 11.9 Å². The Labute approximate surface area is 513 Å². The Morgan fingerprint density at radius 1 is 0.386 bits per heavy atom. The van der Waals surface area contributed by atoms with Crippen LogP contribution in [0.5, 0.6) is 0 Å². The predicted octanol–water partition coefficient (Wildman–Crippen LogP) is 21.9. The first kappa shape index (κ1) is 80.2. The van der Waals surface area contributed by atoms with Gasteiger partial charge in [0.05, 0.1) is 27.7 Å². The average molecular weight is 1180 g/mol. The van der Waals surface area contributed by atoms with Gasteiger partial charge in [0.1, 0.15) is 19.8 Å². The minimum Gasteiger partial charge on any atom is -0.756 e. The lowest BCUT2D eigenvalue weighted by molar-refractivity contribution is -0.870. The van der Waals surface area contributed by atoms with E-state index in [2.05, 4.69) is 98.9 Å². The molecule has 0 aromatic carbocycles. The van der Waals surface area contributed by atoms with Gasteiger partial charge in [-0.15, -0.1) is 0 Å². The number of nitrogens with zero attached hydrogens (tertiary/aromatic N) is 1. The predicted molar refractivity (Wildman–Crippen MR) is 356 cm³/mol. The molecule has 0 aliphatic rings. The van der Waals surface area contributed by atoms with Crippen LogP contribution in [0.15, 0.2) is 85.1 Å². The lowest BCUT2D eigenvalue weighted by Gasteiger charge is -2.28.